The van der Waals surface area contributed by atoms with Crippen LogP contribution in [0.1, 0.15) is 16.1 Å². The van der Waals surface area contributed by atoms with Gasteiger partial charge >= 0.3 is 5.97 Å². The zero-order chi connectivity index (χ0) is 14.3. The molecule has 100 valence electrons. The zero-order valence-electron chi connectivity index (χ0n) is 10.9. The second kappa shape index (κ2) is 4.38. The van der Waals surface area contributed by atoms with Gasteiger partial charge in [-0.2, -0.15) is 0 Å². The fraction of sp³-hybridized carbons (Fsp3) is 0.0667. The summed E-state index contributed by atoms with van der Waals surface area (Å²) in [6, 6.07) is 12.9. The Bertz CT molecular complexity index is 804. The number of nitrogen functional groups attached to an aromatic ring is 1. The van der Waals surface area contributed by atoms with Crippen LogP contribution in [0, 0.1) is 6.92 Å². The van der Waals surface area contributed by atoms with Crippen molar-refractivity contribution in [2.24, 2.45) is 0 Å². The quantitative estimate of drug-likeness (QED) is 0.747. The van der Waals surface area contributed by atoms with Gasteiger partial charge in [-0.15, -0.1) is 0 Å². The number of hydrogen-bond acceptors (Lipinski definition) is 3. The van der Waals surface area contributed by atoms with Crippen molar-refractivity contribution in [3.05, 3.63) is 53.7 Å². The number of benzene rings is 1. The van der Waals surface area contributed by atoms with Gasteiger partial charge in [-0.25, -0.2) is 9.78 Å². The third kappa shape index (κ3) is 1.80. The molecule has 0 bridgehead atoms. The van der Waals surface area contributed by atoms with E-state index in [4.69, 9.17) is 5.73 Å². The van der Waals surface area contributed by atoms with Crippen LogP contribution in [0.5, 0.6) is 0 Å². The number of carboxylic acid groups (broad SMARTS) is 1. The number of anilines is 1. The molecule has 0 atom stereocenters. The summed E-state index contributed by atoms with van der Waals surface area (Å²) in [4.78, 5) is 15.5. The van der Waals surface area contributed by atoms with Crippen LogP contribution in [0.15, 0.2) is 42.5 Å². The first-order valence-electron chi connectivity index (χ1n) is 6.15. The second-order valence-electron chi connectivity index (χ2n) is 4.63. The number of carbonyl (C=O) groups is 1. The van der Waals surface area contributed by atoms with E-state index in [1.54, 1.807) is 22.6 Å². The van der Waals surface area contributed by atoms with Crippen LogP contribution in [0.4, 0.5) is 5.82 Å². The molecule has 0 aliphatic heterocycles. The lowest BCUT2D eigenvalue weighted by atomic mass is 10.1. The highest BCUT2D eigenvalue weighted by Crippen LogP contribution is 2.25. The average molecular weight is 267 g/mol. The monoisotopic (exact) mass is 267 g/mol. The summed E-state index contributed by atoms with van der Waals surface area (Å²) in [6.45, 7) is 1.99. The van der Waals surface area contributed by atoms with Gasteiger partial charge in [-0.3, -0.25) is 4.40 Å². The third-order valence-electron chi connectivity index (χ3n) is 3.20. The van der Waals surface area contributed by atoms with E-state index in [0.717, 1.165) is 11.1 Å². The predicted octanol–water partition coefficient (Wildman–Crippen LogP) is 2.59. The van der Waals surface area contributed by atoms with Gasteiger partial charge < -0.3 is 10.8 Å². The summed E-state index contributed by atoms with van der Waals surface area (Å²) < 4.78 is 1.66. The molecule has 5 nitrogen and oxygen atoms in total. The molecule has 0 saturated heterocycles. The van der Waals surface area contributed by atoms with Crippen molar-refractivity contribution in [2.45, 2.75) is 6.92 Å². The van der Waals surface area contributed by atoms with E-state index in [9.17, 15) is 9.90 Å². The van der Waals surface area contributed by atoms with E-state index < -0.39 is 5.97 Å². The maximum Gasteiger partial charge on any atom is 0.356 e. The SMILES string of the molecule is Cc1ccc(-c2nc(C(=O)O)c3cccc(N)n23)cc1. The first-order valence-corrected chi connectivity index (χ1v) is 6.15. The smallest absolute Gasteiger partial charge is 0.356 e. The van der Waals surface area contributed by atoms with Crippen LogP contribution < -0.4 is 5.73 Å². The highest BCUT2D eigenvalue weighted by atomic mass is 16.4. The van der Waals surface area contributed by atoms with Gasteiger partial charge in [0.25, 0.3) is 0 Å². The van der Waals surface area contributed by atoms with E-state index in [1.807, 2.05) is 31.2 Å². The molecule has 0 fully saturated rings. The topological polar surface area (TPSA) is 80.6 Å². The lowest BCUT2D eigenvalue weighted by Crippen LogP contribution is -1.99. The molecule has 0 spiro atoms. The van der Waals surface area contributed by atoms with Gasteiger partial charge in [0.05, 0.1) is 5.52 Å². The molecule has 0 unspecified atom stereocenters. The second-order valence-corrected chi connectivity index (χ2v) is 4.63. The largest absolute Gasteiger partial charge is 0.476 e. The average Bonchev–Trinajstić information content (AvgIpc) is 2.81. The lowest BCUT2D eigenvalue weighted by molar-refractivity contribution is 0.0693. The summed E-state index contributed by atoms with van der Waals surface area (Å²) in [6.07, 6.45) is 0. The van der Waals surface area contributed by atoms with Gasteiger partial charge in [0.15, 0.2) is 5.69 Å². The number of nitrogens with two attached hydrogens (primary N) is 1. The van der Waals surface area contributed by atoms with Gasteiger partial charge in [0.1, 0.15) is 11.6 Å². The number of fused-ring (bicyclic) bond motifs is 1. The van der Waals surface area contributed by atoms with Crippen molar-refractivity contribution < 1.29 is 9.90 Å². The molecule has 2 heterocycles. The van der Waals surface area contributed by atoms with Crippen LogP contribution in [0.3, 0.4) is 0 Å². The highest BCUT2D eigenvalue weighted by Gasteiger charge is 2.18. The molecule has 0 aliphatic carbocycles. The number of aromatic carboxylic acids is 1. The minimum absolute atomic E-state index is 0.00729. The molecule has 0 amide bonds. The molecule has 2 aromatic heterocycles. The standard InChI is InChI=1S/C15H13N3O2/c1-9-5-7-10(8-6-9)14-17-13(15(19)20)11-3-2-4-12(16)18(11)14/h2-8H,16H2,1H3,(H,19,20). The Morgan fingerprint density at radius 2 is 1.90 bits per heavy atom. The predicted molar refractivity (Wildman–Crippen MR) is 76.7 cm³/mol. The third-order valence-corrected chi connectivity index (χ3v) is 3.20. The summed E-state index contributed by atoms with van der Waals surface area (Å²) in [5, 5.41) is 9.26. The highest BCUT2D eigenvalue weighted by molar-refractivity contribution is 5.95. The Balaban J connectivity index is 2.35. The molecule has 0 radical (unpaired) electrons. The van der Waals surface area contributed by atoms with Crippen LogP contribution in [-0.4, -0.2) is 20.5 Å². The first kappa shape index (κ1) is 12.2. The fourth-order valence-corrected chi connectivity index (χ4v) is 2.21. The number of rotatable bonds is 2. The van der Waals surface area contributed by atoms with Crippen LogP contribution in [0.25, 0.3) is 16.9 Å². The van der Waals surface area contributed by atoms with Crippen LogP contribution in [-0.2, 0) is 0 Å². The van der Waals surface area contributed by atoms with Gasteiger partial charge in [0, 0.05) is 5.56 Å². The molecule has 20 heavy (non-hydrogen) atoms. The minimum Gasteiger partial charge on any atom is -0.476 e. The maximum atomic E-state index is 11.3. The van der Waals surface area contributed by atoms with Crippen molar-refractivity contribution >= 4 is 17.3 Å². The van der Waals surface area contributed by atoms with Crippen LogP contribution in [0.2, 0.25) is 0 Å². The Kier molecular flexibility index (Phi) is 2.68. The van der Waals surface area contributed by atoms with Crippen molar-refractivity contribution in [3.63, 3.8) is 0 Å². The Morgan fingerprint density at radius 3 is 2.55 bits per heavy atom. The Morgan fingerprint density at radius 1 is 1.20 bits per heavy atom. The maximum absolute atomic E-state index is 11.3. The van der Waals surface area contributed by atoms with Crippen molar-refractivity contribution in [1.29, 1.82) is 0 Å². The van der Waals surface area contributed by atoms with Crippen molar-refractivity contribution in [1.82, 2.24) is 9.38 Å². The zero-order valence-corrected chi connectivity index (χ0v) is 10.9. The van der Waals surface area contributed by atoms with E-state index in [1.165, 1.54) is 0 Å². The molecular weight excluding hydrogens is 254 g/mol. The fourth-order valence-electron chi connectivity index (χ4n) is 2.21. The molecule has 1 aromatic carbocycles. The summed E-state index contributed by atoms with van der Waals surface area (Å²) in [7, 11) is 0. The number of imidazole rings is 1. The van der Waals surface area contributed by atoms with Gasteiger partial charge in [-0.1, -0.05) is 35.9 Å². The number of pyridine rings is 1. The summed E-state index contributed by atoms with van der Waals surface area (Å²) >= 11 is 0. The van der Waals surface area contributed by atoms with Gasteiger partial charge in [0.2, 0.25) is 0 Å². The number of nitrogens with zero attached hydrogens (tertiary/aromatic N) is 2. The number of carboxylic acids is 1. The number of hydrogen-bond donors (Lipinski definition) is 2. The molecule has 0 aliphatic rings. The number of aromatic nitrogens is 2. The molecule has 3 rings (SSSR count). The van der Waals surface area contributed by atoms with Crippen LogP contribution >= 0.6 is 0 Å². The molecule has 3 aromatic rings. The van der Waals surface area contributed by atoms with Crippen molar-refractivity contribution in [2.75, 3.05) is 5.73 Å². The van der Waals surface area contributed by atoms with E-state index in [2.05, 4.69) is 4.98 Å². The number of aryl methyl sites for hydroxylation is 1. The molecule has 5 heteroatoms. The normalized spacial score (nSPS) is 10.8. The molecule has 0 saturated carbocycles. The van der Waals surface area contributed by atoms with E-state index in [-0.39, 0.29) is 5.69 Å². The summed E-state index contributed by atoms with van der Waals surface area (Å²) in [5.41, 5.74) is 8.42. The molecule has 3 N–H and O–H groups in total. The lowest BCUT2D eigenvalue weighted by Gasteiger charge is -2.05. The van der Waals surface area contributed by atoms with Gasteiger partial charge in [-0.05, 0) is 19.1 Å². The Labute approximate surface area is 115 Å². The van der Waals surface area contributed by atoms with E-state index in [0.29, 0.717) is 17.2 Å². The summed E-state index contributed by atoms with van der Waals surface area (Å²) in [5.74, 6) is -0.0694. The first-order chi connectivity index (χ1) is 9.58. The van der Waals surface area contributed by atoms with Crippen molar-refractivity contribution in [3.8, 4) is 11.4 Å². The molecular formula is C15H13N3O2. The Hall–Kier alpha value is -2.82. The minimum atomic E-state index is -1.06. The van der Waals surface area contributed by atoms with E-state index >= 15 is 0 Å².